The second-order valence-corrected chi connectivity index (χ2v) is 6.04. The molecule has 1 aromatic heterocycles. The van der Waals surface area contributed by atoms with Gasteiger partial charge in [0.1, 0.15) is 5.82 Å². The summed E-state index contributed by atoms with van der Waals surface area (Å²) in [6, 6.07) is 7.34. The molecule has 122 valence electrons. The van der Waals surface area contributed by atoms with Crippen LogP contribution in [0.2, 0.25) is 0 Å². The van der Waals surface area contributed by atoms with Gasteiger partial charge in [-0.15, -0.1) is 0 Å². The highest BCUT2D eigenvalue weighted by molar-refractivity contribution is 5.89. The lowest BCUT2D eigenvalue weighted by Gasteiger charge is -2.15. The molecule has 1 aromatic carbocycles. The van der Waals surface area contributed by atoms with Gasteiger partial charge >= 0.3 is 6.03 Å². The SMILES string of the molecule is Cn1ccnc1-c1cccc(NC(=O)NCC2CCCC2O)c1. The summed E-state index contributed by atoms with van der Waals surface area (Å²) < 4.78 is 1.93. The van der Waals surface area contributed by atoms with Crippen molar-refractivity contribution < 1.29 is 9.90 Å². The fraction of sp³-hybridized carbons (Fsp3) is 0.412. The Morgan fingerprint density at radius 1 is 1.43 bits per heavy atom. The van der Waals surface area contributed by atoms with Crippen molar-refractivity contribution in [3.8, 4) is 11.4 Å². The topological polar surface area (TPSA) is 79.2 Å². The van der Waals surface area contributed by atoms with Crippen molar-refractivity contribution in [1.82, 2.24) is 14.9 Å². The number of anilines is 1. The summed E-state index contributed by atoms with van der Waals surface area (Å²) in [6.07, 6.45) is 6.17. The third-order valence-electron chi connectivity index (χ3n) is 4.34. The van der Waals surface area contributed by atoms with Crippen LogP contribution in [0.15, 0.2) is 36.7 Å². The van der Waals surface area contributed by atoms with E-state index in [0.29, 0.717) is 6.54 Å². The molecule has 1 heterocycles. The number of amides is 2. The molecule has 0 spiro atoms. The van der Waals surface area contributed by atoms with Crippen LogP contribution in [-0.4, -0.2) is 33.3 Å². The van der Waals surface area contributed by atoms with Crippen molar-refractivity contribution in [1.29, 1.82) is 0 Å². The maximum atomic E-state index is 12.0. The summed E-state index contributed by atoms with van der Waals surface area (Å²) in [6.45, 7) is 0.506. The molecule has 1 aliphatic carbocycles. The molecule has 0 aliphatic heterocycles. The van der Waals surface area contributed by atoms with Crippen molar-refractivity contribution in [2.24, 2.45) is 13.0 Å². The van der Waals surface area contributed by atoms with Gasteiger partial charge in [0.15, 0.2) is 0 Å². The van der Waals surface area contributed by atoms with Gasteiger partial charge in [-0.1, -0.05) is 18.6 Å². The van der Waals surface area contributed by atoms with Gasteiger partial charge in [-0.3, -0.25) is 0 Å². The van der Waals surface area contributed by atoms with Crippen LogP contribution in [0.5, 0.6) is 0 Å². The zero-order chi connectivity index (χ0) is 16.2. The number of aromatic nitrogens is 2. The number of rotatable bonds is 4. The summed E-state index contributed by atoms with van der Waals surface area (Å²) in [5.74, 6) is 1.02. The molecule has 1 fully saturated rings. The predicted molar refractivity (Wildman–Crippen MR) is 89.0 cm³/mol. The number of hydrogen-bond acceptors (Lipinski definition) is 3. The van der Waals surface area contributed by atoms with Crippen LogP contribution in [-0.2, 0) is 7.05 Å². The number of aliphatic hydroxyl groups excluding tert-OH is 1. The van der Waals surface area contributed by atoms with Gasteiger partial charge in [-0.05, 0) is 25.0 Å². The molecule has 0 saturated heterocycles. The van der Waals surface area contributed by atoms with Gasteiger partial charge in [0.05, 0.1) is 6.10 Å². The molecule has 6 heteroatoms. The minimum absolute atomic E-state index is 0.166. The number of benzene rings is 1. The summed E-state index contributed by atoms with van der Waals surface area (Å²) >= 11 is 0. The Kier molecular flexibility index (Phi) is 4.62. The number of urea groups is 1. The summed E-state index contributed by atoms with van der Waals surface area (Å²) in [4.78, 5) is 16.3. The minimum atomic E-state index is -0.290. The van der Waals surface area contributed by atoms with E-state index in [2.05, 4.69) is 15.6 Å². The van der Waals surface area contributed by atoms with Gasteiger partial charge in [0.25, 0.3) is 0 Å². The van der Waals surface area contributed by atoms with Gasteiger partial charge in [0, 0.05) is 43.2 Å². The summed E-state index contributed by atoms with van der Waals surface area (Å²) in [5, 5.41) is 15.5. The zero-order valence-electron chi connectivity index (χ0n) is 13.2. The molecular weight excluding hydrogens is 292 g/mol. The van der Waals surface area contributed by atoms with Gasteiger partial charge in [0.2, 0.25) is 0 Å². The highest BCUT2D eigenvalue weighted by atomic mass is 16.3. The molecule has 0 bridgehead atoms. The van der Waals surface area contributed by atoms with Crippen molar-refractivity contribution in [2.75, 3.05) is 11.9 Å². The Morgan fingerprint density at radius 3 is 3.00 bits per heavy atom. The van der Waals surface area contributed by atoms with Crippen LogP contribution in [0, 0.1) is 5.92 Å². The third kappa shape index (κ3) is 3.71. The predicted octanol–water partition coefficient (Wildman–Crippen LogP) is 2.37. The van der Waals surface area contributed by atoms with Crippen LogP contribution in [0.1, 0.15) is 19.3 Å². The van der Waals surface area contributed by atoms with Gasteiger partial charge in [-0.2, -0.15) is 0 Å². The highest BCUT2D eigenvalue weighted by Gasteiger charge is 2.25. The third-order valence-corrected chi connectivity index (χ3v) is 4.34. The molecule has 2 unspecified atom stereocenters. The summed E-state index contributed by atoms with van der Waals surface area (Å²) in [7, 11) is 1.93. The molecule has 3 N–H and O–H groups in total. The Balaban J connectivity index is 1.59. The number of hydrogen-bond donors (Lipinski definition) is 3. The lowest BCUT2D eigenvalue weighted by molar-refractivity contribution is 0.133. The minimum Gasteiger partial charge on any atom is -0.393 e. The van der Waals surface area contributed by atoms with E-state index in [9.17, 15) is 9.90 Å². The van der Waals surface area contributed by atoms with Crippen LogP contribution in [0.3, 0.4) is 0 Å². The van der Waals surface area contributed by atoms with Crippen LogP contribution >= 0.6 is 0 Å². The molecule has 6 nitrogen and oxygen atoms in total. The van der Waals surface area contributed by atoms with E-state index < -0.39 is 0 Å². The summed E-state index contributed by atoms with van der Waals surface area (Å²) in [5.41, 5.74) is 1.66. The van der Waals surface area contributed by atoms with E-state index in [1.807, 2.05) is 42.1 Å². The average molecular weight is 314 g/mol. The Hall–Kier alpha value is -2.34. The van der Waals surface area contributed by atoms with Crippen LogP contribution in [0.25, 0.3) is 11.4 Å². The number of nitrogens with one attached hydrogen (secondary N) is 2. The molecule has 23 heavy (non-hydrogen) atoms. The largest absolute Gasteiger partial charge is 0.393 e. The van der Waals surface area contributed by atoms with Crippen LogP contribution < -0.4 is 10.6 Å². The lowest BCUT2D eigenvalue weighted by atomic mass is 10.1. The Labute approximate surface area is 135 Å². The van der Waals surface area contributed by atoms with E-state index >= 15 is 0 Å². The molecular formula is C17H22N4O2. The van der Waals surface area contributed by atoms with Crippen molar-refractivity contribution in [3.05, 3.63) is 36.7 Å². The molecule has 0 radical (unpaired) electrons. The normalized spacial score (nSPS) is 20.4. The maximum Gasteiger partial charge on any atom is 0.319 e. The van der Waals surface area contributed by atoms with Crippen molar-refractivity contribution in [3.63, 3.8) is 0 Å². The Morgan fingerprint density at radius 2 is 2.30 bits per heavy atom. The van der Waals surface area contributed by atoms with E-state index in [-0.39, 0.29) is 18.1 Å². The van der Waals surface area contributed by atoms with Crippen molar-refractivity contribution in [2.45, 2.75) is 25.4 Å². The second-order valence-electron chi connectivity index (χ2n) is 6.04. The number of nitrogens with zero attached hydrogens (tertiary/aromatic N) is 2. The molecule has 2 aromatic rings. The second kappa shape index (κ2) is 6.83. The van der Waals surface area contributed by atoms with Gasteiger partial charge in [-0.25, -0.2) is 9.78 Å². The lowest BCUT2D eigenvalue weighted by Crippen LogP contribution is -2.35. The number of imidazole rings is 1. The van der Waals surface area contributed by atoms with Crippen molar-refractivity contribution >= 4 is 11.7 Å². The number of aliphatic hydroxyl groups is 1. The first-order valence-electron chi connectivity index (χ1n) is 7.94. The fourth-order valence-electron chi connectivity index (χ4n) is 3.03. The fourth-order valence-corrected chi connectivity index (χ4v) is 3.03. The molecule has 2 atom stereocenters. The molecule has 1 saturated carbocycles. The monoisotopic (exact) mass is 314 g/mol. The maximum absolute atomic E-state index is 12.0. The van der Waals surface area contributed by atoms with E-state index in [1.165, 1.54) is 0 Å². The quantitative estimate of drug-likeness (QED) is 0.810. The average Bonchev–Trinajstić information content (AvgIpc) is 3.14. The first-order chi connectivity index (χ1) is 11.1. The van der Waals surface area contributed by atoms with E-state index in [4.69, 9.17) is 0 Å². The number of carbonyl (C=O) groups is 1. The number of aryl methyl sites for hydroxylation is 1. The molecule has 3 rings (SSSR count). The van der Waals surface area contributed by atoms with Gasteiger partial charge < -0.3 is 20.3 Å². The Bertz CT molecular complexity index is 683. The first-order valence-corrected chi connectivity index (χ1v) is 7.94. The number of carbonyl (C=O) groups excluding carboxylic acids is 1. The highest BCUT2D eigenvalue weighted by Crippen LogP contribution is 2.24. The first kappa shape index (κ1) is 15.6. The zero-order valence-corrected chi connectivity index (χ0v) is 13.2. The standard InChI is InChI=1S/C17H22N4O2/c1-21-9-8-18-16(21)12-4-2-6-14(10-12)20-17(23)19-11-13-5-3-7-15(13)22/h2,4,6,8-10,13,15,22H,3,5,7,11H2,1H3,(H2,19,20,23). The van der Waals surface area contributed by atoms with E-state index in [0.717, 1.165) is 36.3 Å². The molecule has 2 amide bonds. The van der Waals surface area contributed by atoms with E-state index in [1.54, 1.807) is 6.20 Å². The van der Waals surface area contributed by atoms with Crippen LogP contribution in [0.4, 0.5) is 10.5 Å². The molecule has 1 aliphatic rings. The smallest absolute Gasteiger partial charge is 0.319 e.